The van der Waals surface area contributed by atoms with Gasteiger partial charge < -0.3 is 4.90 Å². The molecule has 1 nitrogen and oxygen atoms in total. The highest BCUT2D eigenvalue weighted by molar-refractivity contribution is 7.25. The van der Waals surface area contributed by atoms with Crippen LogP contribution in [0.4, 0.5) is 17.1 Å². The van der Waals surface area contributed by atoms with Crippen LogP contribution in [-0.2, 0) is 5.41 Å². The van der Waals surface area contributed by atoms with Crippen molar-refractivity contribution in [1.29, 1.82) is 0 Å². The van der Waals surface area contributed by atoms with Crippen LogP contribution in [0.3, 0.4) is 0 Å². The highest BCUT2D eigenvalue weighted by Gasteiger charge is 2.51. The van der Waals surface area contributed by atoms with Gasteiger partial charge in [0.1, 0.15) is 0 Å². The fourth-order valence-corrected chi connectivity index (χ4v) is 11.8. The summed E-state index contributed by atoms with van der Waals surface area (Å²) in [5.74, 6) is 0. The Morgan fingerprint density at radius 1 is 0.311 bits per heavy atom. The van der Waals surface area contributed by atoms with Crippen molar-refractivity contribution in [3.63, 3.8) is 0 Å². The van der Waals surface area contributed by atoms with Gasteiger partial charge in [-0.05, 0) is 132 Å². The van der Waals surface area contributed by atoms with Crippen LogP contribution >= 0.6 is 11.3 Å². The molecule has 10 aromatic carbocycles. The van der Waals surface area contributed by atoms with Gasteiger partial charge in [-0.1, -0.05) is 170 Å². The monoisotopic (exact) mass is 791 g/mol. The molecule has 0 bridgehead atoms. The molecule has 0 fully saturated rings. The summed E-state index contributed by atoms with van der Waals surface area (Å²) in [5.41, 5.74) is 18.4. The van der Waals surface area contributed by atoms with E-state index in [9.17, 15) is 0 Å². The molecule has 13 rings (SSSR count). The molecule has 1 spiro atoms. The number of rotatable bonds is 5. The van der Waals surface area contributed by atoms with E-state index in [-0.39, 0.29) is 0 Å². The predicted octanol–water partition coefficient (Wildman–Crippen LogP) is 16.4. The number of thiophene rings is 1. The van der Waals surface area contributed by atoms with Crippen LogP contribution in [0.1, 0.15) is 22.3 Å². The quantitative estimate of drug-likeness (QED) is 0.168. The molecule has 0 atom stereocenters. The molecule has 1 heterocycles. The van der Waals surface area contributed by atoms with E-state index >= 15 is 0 Å². The van der Waals surface area contributed by atoms with E-state index in [0.29, 0.717) is 0 Å². The summed E-state index contributed by atoms with van der Waals surface area (Å²) in [6.45, 7) is 0. The van der Waals surface area contributed by atoms with Crippen LogP contribution in [0.25, 0.3) is 75.5 Å². The Bertz CT molecular complexity index is 3490. The van der Waals surface area contributed by atoms with E-state index in [1.165, 1.54) is 97.7 Å². The van der Waals surface area contributed by atoms with Gasteiger partial charge in [0.2, 0.25) is 0 Å². The fraction of sp³-hybridized carbons (Fsp3) is 0.0169. The number of fused-ring (bicyclic) bond motifs is 14. The summed E-state index contributed by atoms with van der Waals surface area (Å²) in [4.78, 5) is 2.46. The summed E-state index contributed by atoms with van der Waals surface area (Å²) in [7, 11) is 0. The zero-order chi connectivity index (χ0) is 40.1. The Balaban J connectivity index is 1.03. The van der Waals surface area contributed by atoms with Gasteiger partial charge in [0, 0.05) is 37.2 Å². The van der Waals surface area contributed by atoms with Crippen LogP contribution in [0.2, 0.25) is 0 Å². The van der Waals surface area contributed by atoms with Gasteiger partial charge in [-0.25, -0.2) is 0 Å². The van der Waals surface area contributed by atoms with Crippen LogP contribution in [0, 0.1) is 0 Å². The summed E-state index contributed by atoms with van der Waals surface area (Å²) in [5, 5.41) is 5.13. The Labute approximate surface area is 359 Å². The predicted molar refractivity (Wildman–Crippen MR) is 259 cm³/mol. The largest absolute Gasteiger partial charge is 0.310 e. The lowest BCUT2D eigenvalue weighted by molar-refractivity contribution is 0.793. The standard InChI is InChI=1S/C59H37NS/c1-2-14-40-35-41(28-27-38(40)13-1)39-29-31-43(32-30-39)60(44-16-11-15-42(36-44)46-21-12-26-57-58(46)51-20-6-10-25-56(51)61-57)45-33-34-50-49-19-5-9-24-54(49)59(55(50)37-45)52-22-7-3-17-47(52)48-18-4-8-23-53(48)59/h1-37H. The summed E-state index contributed by atoms with van der Waals surface area (Å²) in [6, 6.07) is 83.6. The van der Waals surface area contributed by atoms with E-state index in [4.69, 9.17) is 0 Å². The Hall–Kier alpha value is -7.52. The normalized spacial score (nSPS) is 13.0. The molecule has 61 heavy (non-hydrogen) atoms. The van der Waals surface area contributed by atoms with Crippen molar-refractivity contribution in [1.82, 2.24) is 0 Å². The van der Waals surface area contributed by atoms with E-state index in [1.807, 2.05) is 11.3 Å². The minimum Gasteiger partial charge on any atom is -0.310 e. The van der Waals surface area contributed by atoms with E-state index in [1.54, 1.807) is 0 Å². The van der Waals surface area contributed by atoms with Gasteiger partial charge in [-0.2, -0.15) is 0 Å². The van der Waals surface area contributed by atoms with Gasteiger partial charge in [0.15, 0.2) is 0 Å². The molecule has 0 radical (unpaired) electrons. The number of benzene rings is 10. The van der Waals surface area contributed by atoms with Crippen LogP contribution in [-0.4, -0.2) is 0 Å². The van der Waals surface area contributed by atoms with Crippen molar-refractivity contribution in [3.8, 4) is 44.5 Å². The number of hydrogen-bond donors (Lipinski definition) is 0. The highest BCUT2D eigenvalue weighted by atomic mass is 32.1. The zero-order valence-corrected chi connectivity index (χ0v) is 34.0. The molecule has 0 saturated heterocycles. The van der Waals surface area contributed by atoms with Crippen molar-refractivity contribution in [3.05, 3.63) is 247 Å². The van der Waals surface area contributed by atoms with Gasteiger partial charge in [-0.15, -0.1) is 11.3 Å². The molecule has 1 aromatic heterocycles. The second-order valence-electron chi connectivity index (χ2n) is 16.4. The van der Waals surface area contributed by atoms with E-state index in [0.717, 1.165) is 17.1 Å². The molecule has 284 valence electrons. The van der Waals surface area contributed by atoms with E-state index in [2.05, 4.69) is 229 Å². The minimum atomic E-state index is -0.432. The van der Waals surface area contributed by atoms with Crippen LogP contribution < -0.4 is 4.90 Å². The first-order valence-electron chi connectivity index (χ1n) is 21.1. The third-order valence-electron chi connectivity index (χ3n) is 13.3. The lowest BCUT2D eigenvalue weighted by Gasteiger charge is -2.32. The maximum Gasteiger partial charge on any atom is 0.0726 e. The second kappa shape index (κ2) is 13.2. The van der Waals surface area contributed by atoms with Crippen molar-refractivity contribution >= 4 is 59.3 Å². The maximum absolute atomic E-state index is 2.49. The molecule has 2 heteroatoms. The number of hydrogen-bond acceptors (Lipinski definition) is 2. The Morgan fingerprint density at radius 3 is 1.62 bits per heavy atom. The molecule has 0 saturated carbocycles. The zero-order valence-electron chi connectivity index (χ0n) is 33.2. The molecule has 2 aliphatic carbocycles. The number of nitrogens with zero attached hydrogens (tertiary/aromatic N) is 1. The van der Waals surface area contributed by atoms with Gasteiger partial charge in [0.05, 0.1) is 5.41 Å². The molecule has 0 unspecified atom stereocenters. The van der Waals surface area contributed by atoms with Crippen molar-refractivity contribution in [2.24, 2.45) is 0 Å². The smallest absolute Gasteiger partial charge is 0.0726 e. The minimum absolute atomic E-state index is 0.432. The van der Waals surface area contributed by atoms with Gasteiger partial charge >= 0.3 is 0 Å². The fourth-order valence-electron chi connectivity index (χ4n) is 10.7. The van der Waals surface area contributed by atoms with Gasteiger partial charge in [0.25, 0.3) is 0 Å². The summed E-state index contributed by atoms with van der Waals surface area (Å²) in [6.07, 6.45) is 0. The SMILES string of the molecule is c1cc(-c2cccc3sc4ccccc4c23)cc(N(c2ccc(-c3ccc4ccccc4c3)cc2)c2ccc3c(c2)C2(c4ccccc4-c4ccccc42)c2ccccc2-3)c1. The van der Waals surface area contributed by atoms with E-state index < -0.39 is 5.41 Å². The molecule has 2 aliphatic rings. The average Bonchev–Trinajstić information content (AvgIpc) is 3.96. The molecular formula is C59H37NS. The Morgan fingerprint density at radius 2 is 0.869 bits per heavy atom. The first kappa shape index (κ1) is 34.4. The molecule has 0 amide bonds. The van der Waals surface area contributed by atoms with Crippen molar-refractivity contribution < 1.29 is 0 Å². The molecular weight excluding hydrogens is 755 g/mol. The van der Waals surface area contributed by atoms with Crippen LogP contribution in [0.15, 0.2) is 224 Å². The highest BCUT2D eigenvalue weighted by Crippen LogP contribution is 2.63. The van der Waals surface area contributed by atoms with Crippen molar-refractivity contribution in [2.75, 3.05) is 4.90 Å². The van der Waals surface area contributed by atoms with Gasteiger partial charge in [-0.3, -0.25) is 0 Å². The lowest BCUT2D eigenvalue weighted by atomic mass is 9.70. The van der Waals surface area contributed by atoms with Crippen LogP contribution in [0.5, 0.6) is 0 Å². The molecule has 0 aliphatic heterocycles. The molecule has 11 aromatic rings. The second-order valence-corrected chi connectivity index (χ2v) is 17.5. The number of anilines is 3. The third-order valence-corrected chi connectivity index (χ3v) is 14.4. The third kappa shape index (κ3) is 5.00. The van der Waals surface area contributed by atoms with Crippen molar-refractivity contribution in [2.45, 2.75) is 5.41 Å². The topological polar surface area (TPSA) is 3.24 Å². The summed E-state index contributed by atoms with van der Waals surface area (Å²) < 4.78 is 2.63. The summed E-state index contributed by atoms with van der Waals surface area (Å²) >= 11 is 1.87. The maximum atomic E-state index is 2.49. The molecule has 0 N–H and O–H groups in total. The first-order valence-corrected chi connectivity index (χ1v) is 21.9. The lowest BCUT2D eigenvalue weighted by Crippen LogP contribution is -2.26. The average molecular weight is 792 g/mol. The first-order chi connectivity index (χ1) is 30.2. The Kier molecular flexibility index (Phi) is 7.46.